The van der Waals surface area contributed by atoms with Crippen LogP contribution in [0.25, 0.3) is 10.9 Å². The van der Waals surface area contributed by atoms with Gasteiger partial charge in [0.15, 0.2) is 11.6 Å². The molecule has 0 aliphatic heterocycles. The van der Waals surface area contributed by atoms with Gasteiger partial charge in [-0.05, 0) is 19.1 Å². The highest BCUT2D eigenvalue weighted by molar-refractivity contribution is 5.85. The number of hydrogen-bond donors (Lipinski definition) is 3. The van der Waals surface area contributed by atoms with Crippen LogP contribution in [0.5, 0.6) is 11.6 Å². The highest BCUT2D eigenvalue weighted by atomic mass is 16.5. The SMILES string of the molecule is Cc1ccc2cccc(Oc3ncnc(NN)c3N)c2n1. The molecule has 7 nitrogen and oxygen atoms in total. The van der Waals surface area contributed by atoms with Crippen LogP contribution in [-0.4, -0.2) is 15.0 Å². The van der Waals surface area contributed by atoms with E-state index in [9.17, 15) is 0 Å². The first kappa shape index (κ1) is 13.1. The Morgan fingerprint density at radius 1 is 1.14 bits per heavy atom. The molecule has 106 valence electrons. The third-order valence-corrected chi connectivity index (χ3v) is 3.01. The smallest absolute Gasteiger partial charge is 0.248 e. The molecule has 1 aromatic carbocycles. The van der Waals surface area contributed by atoms with Crippen molar-refractivity contribution in [2.45, 2.75) is 6.92 Å². The molecule has 3 aromatic rings. The summed E-state index contributed by atoms with van der Waals surface area (Å²) in [6, 6.07) is 9.59. The monoisotopic (exact) mass is 282 g/mol. The minimum atomic E-state index is 0.230. The Labute approximate surface area is 121 Å². The molecule has 3 rings (SSSR count). The summed E-state index contributed by atoms with van der Waals surface area (Å²) >= 11 is 0. The minimum Gasteiger partial charge on any atom is -0.435 e. The van der Waals surface area contributed by atoms with Crippen LogP contribution in [0.4, 0.5) is 11.5 Å². The lowest BCUT2D eigenvalue weighted by Crippen LogP contribution is -2.12. The topological polar surface area (TPSA) is 112 Å². The molecule has 0 spiro atoms. The number of para-hydroxylation sites is 1. The van der Waals surface area contributed by atoms with Crippen molar-refractivity contribution >= 4 is 22.4 Å². The summed E-state index contributed by atoms with van der Waals surface area (Å²) < 4.78 is 5.79. The van der Waals surface area contributed by atoms with Crippen LogP contribution >= 0.6 is 0 Å². The fraction of sp³-hybridized carbons (Fsp3) is 0.0714. The van der Waals surface area contributed by atoms with Gasteiger partial charge in [0, 0.05) is 11.1 Å². The molecule has 0 unspecified atom stereocenters. The summed E-state index contributed by atoms with van der Waals surface area (Å²) in [6.45, 7) is 1.92. The number of aryl methyl sites for hydroxylation is 1. The number of nitrogens with zero attached hydrogens (tertiary/aromatic N) is 3. The van der Waals surface area contributed by atoms with E-state index >= 15 is 0 Å². The molecular formula is C14H14N6O. The molecule has 0 saturated heterocycles. The van der Waals surface area contributed by atoms with E-state index in [0.717, 1.165) is 16.6 Å². The lowest BCUT2D eigenvalue weighted by atomic mass is 10.2. The van der Waals surface area contributed by atoms with Gasteiger partial charge in [0.2, 0.25) is 5.88 Å². The fourth-order valence-corrected chi connectivity index (χ4v) is 1.98. The Morgan fingerprint density at radius 3 is 2.81 bits per heavy atom. The third-order valence-electron chi connectivity index (χ3n) is 3.01. The Hall–Kier alpha value is -2.93. The van der Waals surface area contributed by atoms with Gasteiger partial charge in [0.05, 0.1) is 0 Å². The number of hydrazine groups is 1. The summed E-state index contributed by atoms with van der Waals surface area (Å²) in [7, 11) is 0. The average Bonchev–Trinajstić information content (AvgIpc) is 2.50. The molecule has 0 aliphatic rings. The number of nitrogens with two attached hydrogens (primary N) is 2. The van der Waals surface area contributed by atoms with Gasteiger partial charge in [0.25, 0.3) is 0 Å². The fourth-order valence-electron chi connectivity index (χ4n) is 1.98. The summed E-state index contributed by atoms with van der Waals surface area (Å²) in [5.74, 6) is 6.45. The Morgan fingerprint density at radius 2 is 2.00 bits per heavy atom. The van der Waals surface area contributed by atoms with Crippen molar-refractivity contribution in [1.29, 1.82) is 0 Å². The van der Waals surface area contributed by atoms with Gasteiger partial charge in [0.1, 0.15) is 17.5 Å². The molecule has 7 heteroatoms. The minimum absolute atomic E-state index is 0.230. The summed E-state index contributed by atoms with van der Waals surface area (Å²) in [6.07, 6.45) is 1.32. The Bertz CT molecular complexity index is 805. The lowest BCUT2D eigenvalue weighted by Gasteiger charge is -2.11. The number of hydrogen-bond acceptors (Lipinski definition) is 7. The molecule has 0 atom stereocenters. The van der Waals surface area contributed by atoms with E-state index in [4.69, 9.17) is 16.3 Å². The van der Waals surface area contributed by atoms with Crippen LogP contribution in [0.3, 0.4) is 0 Å². The summed E-state index contributed by atoms with van der Waals surface area (Å²) in [5, 5.41) is 0.975. The van der Waals surface area contributed by atoms with Gasteiger partial charge in [-0.2, -0.15) is 4.98 Å². The van der Waals surface area contributed by atoms with Gasteiger partial charge in [-0.1, -0.05) is 18.2 Å². The molecule has 5 N–H and O–H groups in total. The van der Waals surface area contributed by atoms with Gasteiger partial charge in [-0.15, -0.1) is 0 Å². The third kappa shape index (κ3) is 2.41. The number of pyridine rings is 1. The van der Waals surface area contributed by atoms with E-state index in [2.05, 4.69) is 20.4 Å². The second-order valence-electron chi connectivity index (χ2n) is 4.47. The molecule has 0 bridgehead atoms. The maximum atomic E-state index is 5.90. The van der Waals surface area contributed by atoms with Crippen molar-refractivity contribution in [3.8, 4) is 11.6 Å². The van der Waals surface area contributed by atoms with E-state index in [1.807, 2.05) is 37.3 Å². The molecule has 2 aromatic heterocycles. The van der Waals surface area contributed by atoms with Crippen LogP contribution in [0.2, 0.25) is 0 Å². The second-order valence-corrected chi connectivity index (χ2v) is 4.47. The van der Waals surface area contributed by atoms with Crippen LogP contribution < -0.4 is 21.7 Å². The highest BCUT2D eigenvalue weighted by Crippen LogP contribution is 2.32. The quantitative estimate of drug-likeness (QED) is 0.497. The normalized spacial score (nSPS) is 10.6. The summed E-state index contributed by atoms with van der Waals surface area (Å²) in [4.78, 5) is 12.4. The summed E-state index contributed by atoms with van der Waals surface area (Å²) in [5.41, 5.74) is 10.2. The standard InChI is InChI=1S/C14H14N6O/c1-8-5-6-9-3-2-4-10(12(9)19-8)21-14-11(15)13(20-16)17-7-18-14/h2-7H,15-16H2,1H3,(H,17,18,20). The first-order valence-electron chi connectivity index (χ1n) is 6.30. The number of benzene rings is 1. The molecular weight excluding hydrogens is 268 g/mol. The molecule has 0 saturated carbocycles. The van der Waals surface area contributed by atoms with Crippen LogP contribution in [0.1, 0.15) is 5.69 Å². The largest absolute Gasteiger partial charge is 0.435 e. The van der Waals surface area contributed by atoms with Crippen LogP contribution in [0, 0.1) is 6.92 Å². The van der Waals surface area contributed by atoms with Crippen molar-refractivity contribution in [2.24, 2.45) is 5.84 Å². The highest BCUT2D eigenvalue weighted by Gasteiger charge is 2.11. The number of anilines is 2. The molecule has 0 fully saturated rings. The zero-order chi connectivity index (χ0) is 14.8. The van der Waals surface area contributed by atoms with Gasteiger partial charge < -0.3 is 15.9 Å². The van der Waals surface area contributed by atoms with Crippen molar-refractivity contribution in [1.82, 2.24) is 15.0 Å². The van der Waals surface area contributed by atoms with Crippen LogP contribution in [-0.2, 0) is 0 Å². The van der Waals surface area contributed by atoms with Gasteiger partial charge >= 0.3 is 0 Å². The number of nitrogens with one attached hydrogen (secondary N) is 1. The Kier molecular flexibility index (Phi) is 3.25. The predicted octanol–water partition coefficient (Wildman–Crippen LogP) is 1.99. The van der Waals surface area contributed by atoms with Crippen molar-refractivity contribution in [3.63, 3.8) is 0 Å². The predicted molar refractivity (Wildman–Crippen MR) is 80.8 cm³/mol. The Balaban J connectivity index is 2.08. The van der Waals surface area contributed by atoms with E-state index < -0.39 is 0 Å². The van der Waals surface area contributed by atoms with Gasteiger partial charge in [-0.3, -0.25) is 0 Å². The maximum Gasteiger partial charge on any atom is 0.248 e. The van der Waals surface area contributed by atoms with Crippen molar-refractivity contribution < 1.29 is 4.74 Å². The number of ether oxygens (including phenoxy) is 1. The van der Waals surface area contributed by atoms with Crippen molar-refractivity contribution in [3.05, 3.63) is 42.4 Å². The first-order chi connectivity index (χ1) is 10.2. The number of nitrogen functional groups attached to an aromatic ring is 2. The first-order valence-corrected chi connectivity index (χ1v) is 6.30. The van der Waals surface area contributed by atoms with Crippen molar-refractivity contribution in [2.75, 3.05) is 11.2 Å². The van der Waals surface area contributed by atoms with E-state index in [1.165, 1.54) is 6.33 Å². The average molecular weight is 282 g/mol. The zero-order valence-corrected chi connectivity index (χ0v) is 11.4. The molecule has 21 heavy (non-hydrogen) atoms. The molecule has 0 aliphatic carbocycles. The second kappa shape index (κ2) is 5.22. The van der Waals surface area contributed by atoms with E-state index in [0.29, 0.717) is 11.6 Å². The van der Waals surface area contributed by atoms with E-state index in [-0.39, 0.29) is 11.6 Å². The number of rotatable bonds is 3. The van der Waals surface area contributed by atoms with Crippen LogP contribution in [0.15, 0.2) is 36.7 Å². The van der Waals surface area contributed by atoms with Gasteiger partial charge in [-0.25, -0.2) is 15.8 Å². The van der Waals surface area contributed by atoms with E-state index in [1.54, 1.807) is 0 Å². The molecule has 0 amide bonds. The number of fused-ring (bicyclic) bond motifs is 1. The maximum absolute atomic E-state index is 5.90. The lowest BCUT2D eigenvalue weighted by molar-refractivity contribution is 0.468. The zero-order valence-electron chi connectivity index (χ0n) is 11.4. The number of aromatic nitrogens is 3. The molecule has 2 heterocycles. The molecule has 0 radical (unpaired) electrons.